The average Bonchev–Trinajstić information content (AvgIpc) is 2.82. The van der Waals surface area contributed by atoms with Crippen LogP contribution in [0.1, 0.15) is 51.9 Å². The summed E-state index contributed by atoms with van der Waals surface area (Å²) < 4.78 is 0. The molecule has 20 heavy (non-hydrogen) atoms. The Morgan fingerprint density at radius 1 is 1.05 bits per heavy atom. The van der Waals surface area contributed by atoms with Gasteiger partial charge in [-0.2, -0.15) is 0 Å². The van der Waals surface area contributed by atoms with Crippen molar-refractivity contribution in [2.24, 2.45) is 5.41 Å². The molecule has 1 saturated heterocycles. The minimum atomic E-state index is -0.0184. The Kier molecular flexibility index (Phi) is 5.26. The number of carbonyl (C=O) groups excluding carboxylic acids is 2. The van der Waals surface area contributed by atoms with Crippen LogP contribution in [0.2, 0.25) is 0 Å². The number of hydrogen-bond acceptors (Lipinski definition) is 2. The summed E-state index contributed by atoms with van der Waals surface area (Å²) in [6, 6.07) is 0.0651. The Morgan fingerprint density at radius 3 is 2.45 bits per heavy atom. The first kappa shape index (κ1) is 15.1. The van der Waals surface area contributed by atoms with Gasteiger partial charge in [-0.05, 0) is 31.1 Å². The lowest BCUT2D eigenvalue weighted by Crippen LogP contribution is -2.41. The van der Waals surface area contributed by atoms with E-state index in [9.17, 15) is 9.59 Å². The van der Waals surface area contributed by atoms with Crippen LogP contribution >= 0.6 is 0 Å². The van der Waals surface area contributed by atoms with Crippen LogP contribution in [0, 0.1) is 5.41 Å². The minimum Gasteiger partial charge on any atom is -0.356 e. The van der Waals surface area contributed by atoms with Crippen molar-refractivity contribution in [2.75, 3.05) is 26.2 Å². The van der Waals surface area contributed by atoms with Gasteiger partial charge < -0.3 is 15.5 Å². The Balaban J connectivity index is 1.65. The summed E-state index contributed by atoms with van der Waals surface area (Å²) in [5.74, 6) is -0.0184. The molecule has 0 atom stereocenters. The molecule has 1 saturated carbocycles. The fourth-order valence-electron chi connectivity index (χ4n) is 3.48. The van der Waals surface area contributed by atoms with Crippen LogP contribution in [0.15, 0.2) is 0 Å². The molecule has 114 valence electrons. The number of hydrogen-bond donors (Lipinski definition) is 2. The lowest BCUT2D eigenvalue weighted by atomic mass is 9.73. The van der Waals surface area contributed by atoms with E-state index in [-0.39, 0.29) is 11.9 Å². The molecule has 1 spiro atoms. The number of rotatable bonds is 4. The summed E-state index contributed by atoms with van der Waals surface area (Å²) in [6.07, 6.45) is 8.55. The van der Waals surface area contributed by atoms with Crippen LogP contribution in [0.3, 0.4) is 0 Å². The van der Waals surface area contributed by atoms with E-state index in [1.54, 1.807) is 0 Å². The lowest BCUT2D eigenvalue weighted by molar-refractivity contribution is -0.118. The second-order valence-electron chi connectivity index (χ2n) is 6.30. The average molecular weight is 281 g/mol. The first-order chi connectivity index (χ1) is 9.61. The molecule has 0 aromatic carbocycles. The second kappa shape index (κ2) is 6.95. The maximum absolute atomic E-state index is 12.1. The van der Waals surface area contributed by atoms with Gasteiger partial charge in [0.2, 0.25) is 5.91 Å². The van der Waals surface area contributed by atoms with Crippen molar-refractivity contribution >= 4 is 11.9 Å². The van der Waals surface area contributed by atoms with Gasteiger partial charge in [0.25, 0.3) is 0 Å². The fraction of sp³-hybridized carbons (Fsp3) is 0.867. The molecule has 0 unspecified atom stereocenters. The van der Waals surface area contributed by atoms with Gasteiger partial charge in [-0.25, -0.2) is 4.79 Å². The quantitative estimate of drug-likeness (QED) is 0.773. The minimum absolute atomic E-state index is 0.0184. The van der Waals surface area contributed by atoms with E-state index in [1.807, 2.05) is 4.90 Å². The summed E-state index contributed by atoms with van der Waals surface area (Å²) in [4.78, 5) is 24.8. The van der Waals surface area contributed by atoms with Crippen LogP contribution in [0.4, 0.5) is 4.79 Å². The number of carbonyl (C=O) groups is 2. The Bertz CT molecular complexity index is 351. The molecule has 3 amide bonds. The molecule has 1 heterocycles. The summed E-state index contributed by atoms with van der Waals surface area (Å²) in [5, 5.41) is 5.69. The van der Waals surface area contributed by atoms with E-state index in [4.69, 9.17) is 0 Å². The smallest absolute Gasteiger partial charge is 0.317 e. The molecule has 0 radical (unpaired) electrons. The van der Waals surface area contributed by atoms with Gasteiger partial charge in [0.15, 0.2) is 0 Å². The van der Waals surface area contributed by atoms with Crippen molar-refractivity contribution in [3.63, 3.8) is 0 Å². The van der Waals surface area contributed by atoms with Crippen molar-refractivity contribution in [2.45, 2.75) is 51.9 Å². The van der Waals surface area contributed by atoms with E-state index in [0.29, 0.717) is 18.5 Å². The Labute approximate surface area is 121 Å². The predicted octanol–water partition coefficient (Wildman–Crippen LogP) is 1.88. The molecule has 1 aliphatic carbocycles. The monoisotopic (exact) mass is 281 g/mol. The zero-order chi connectivity index (χ0) is 14.4. The summed E-state index contributed by atoms with van der Waals surface area (Å²) in [5.41, 5.74) is 0.422. The number of likely N-dealkylation sites (tertiary alicyclic amines) is 1. The van der Waals surface area contributed by atoms with Gasteiger partial charge in [0.1, 0.15) is 0 Å². The van der Waals surface area contributed by atoms with E-state index in [2.05, 4.69) is 10.6 Å². The van der Waals surface area contributed by atoms with Crippen molar-refractivity contribution in [3.05, 3.63) is 0 Å². The van der Waals surface area contributed by atoms with Crippen LogP contribution in [-0.4, -0.2) is 43.0 Å². The number of urea groups is 1. The van der Waals surface area contributed by atoms with E-state index in [0.717, 1.165) is 19.5 Å². The topological polar surface area (TPSA) is 61.4 Å². The third kappa shape index (κ3) is 4.12. The summed E-state index contributed by atoms with van der Waals surface area (Å²) in [6.45, 7) is 4.59. The van der Waals surface area contributed by atoms with Crippen molar-refractivity contribution < 1.29 is 9.59 Å². The SMILES string of the molecule is CC(=O)NCCCNC(=O)N1CCC2(CCCCC2)C1. The Hall–Kier alpha value is -1.26. The van der Waals surface area contributed by atoms with Crippen molar-refractivity contribution in [1.82, 2.24) is 15.5 Å². The maximum atomic E-state index is 12.1. The molecule has 2 N–H and O–H groups in total. The molecule has 2 rings (SSSR count). The molecular formula is C15H27N3O2. The molecule has 2 aliphatic rings. The standard InChI is InChI=1S/C15H27N3O2/c1-13(19)16-9-5-10-17-14(20)18-11-8-15(12-18)6-3-2-4-7-15/h2-12H2,1H3,(H,16,19)(H,17,20). The first-order valence-corrected chi connectivity index (χ1v) is 7.89. The van der Waals surface area contributed by atoms with Gasteiger partial charge in [0, 0.05) is 33.1 Å². The van der Waals surface area contributed by atoms with E-state index < -0.39 is 0 Å². The number of nitrogens with zero attached hydrogens (tertiary/aromatic N) is 1. The zero-order valence-corrected chi connectivity index (χ0v) is 12.5. The van der Waals surface area contributed by atoms with Gasteiger partial charge in [-0.3, -0.25) is 4.79 Å². The molecule has 0 aromatic heterocycles. The van der Waals surface area contributed by atoms with Gasteiger partial charge in [-0.1, -0.05) is 19.3 Å². The number of amides is 3. The van der Waals surface area contributed by atoms with Gasteiger partial charge in [-0.15, -0.1) is 0 Å². The lowest BCUT2D eigenvalue weighted by Gasteiger charge is -2.33. The van der Waals surface area contributed by atoms with E-state index in [1.165, 1.54) is 45.4 Å². The third-order valence-corrected chi connectivity index (χ3v) is 4.64. The van der Waals surface area contributed by atoms with Crippen molar-refractivity contribution in [3.8, 4) is 0 Å². The number of nitrogens with one attached hydrogen (secondary N) is 2. The molecule has 1 aliphatic heterocycles. The second-order valence-corrected chi connectivity index (χ2v) is 6.30. The van der Waals surface area contributed by atoms with Crippen LogP contribution in [-0.2, 0) is 4.79 Å². The normalized spacial score (nSPS) is 20.9. The van der Waals surface area contributed by atoms with Crippen LogP contribution < -0.4 is 10.6 Å². The predicted molar refractivity (Wildman–Crippen MR) is 78.4 cm³/mol. The van der Waals surface area contributed by atoms with Crippen molar-refractivity contribution in [1.29, 1.82) is 0 Å². The van der Waals surface area contributed by atoms with Gasteiger partial charge in [0.05, 0.1) is 0 Å². The molecule has 5 nitrogen and oxygen atoms in total. The fourth-order valence-corrected chi connectivity index (χ4v) is 3.48. The molecule has 2 fully saturated rings. The molecule has 0 bridgehead atoms. The highest BCUT2D eigenvalue weighted by Gasteiger charge is 2.40. The highest BCUT2D eigenvalue weighted by molar-refractivity contribution is 5.74. The molecular weight excluding hydrogens is 254 g/mol. The van der Waals surface area contributed by atoms with Gasteiger partial charge >= 0.3 is 6.03 Å². The van der Waals surface area contributed by atoms with Crippen LogP contribution in [0.5, 0.6) is 0 Å². The maximum Gasteiger partial charge on any atom is 0.317 e. The largest absolute Gasteiger partial charge is 0.356 e. The summed E-state index contributed by atoms with van der Waals surface area (Å²) in [7, 11) is 0. The van der Waals surface area contributed by atoms with E-state index >= 15 is 0 Å². The third-order valence-electron chi connectivity index (χ3n) is 4.64. The Morgan fingerprint density at radius 2 is 1.75 bits per heavy atom. The zero-order valence-electron chi connectivity index (χ0n) is 12.5. The highest BCUT2D eigenvalue weighted by atomic mass is 16.2. The first-order valence-electron chi connectivity index (χ1n) is 7.89. The molecule has 5 heteroatoms. The molecule has 0 aromatic rings. The summed E-state index contributed by atoms with van der Waals surface area (Å²) >= 11 is 0. The highest BCUT2D eigenvalue weighted by Crippen LogP contribution is 2.43. The van der Waals surface area contributed by atoms with Crippen LogP contribution in [0.25, 0.3) is 0 Å².